The lowest BCUT2D eigenvalue weighted by Gasteiger charge is -2.05. The molecule has 0 aliphatic carbocycles. The first kappa shape index (κ1) is 16.5. The van der Waals surface area contributed by atoms with E-state index in [1.165, 1.54) is 11.3 Å². The molecule has 0 unspecified atom stereocenters. The Hall–Kier alpha value is -3.31. The van der Waals surface area contributed by atoms with Crippen molar-refractivity contribution in [2.75, 3.05) is 11.9 Å². The molecule has 25 heavy (non-hydrogen) atoms. The van der Waals surface area contributed by atoms with Gasteiger partial charge >= 0.3 is 0 Å². The van der Waals surface area contributed by atoms with Crippen molar-refractivity contribution in [3.63, 3.8) is 0 Å². The van der Waals surface area contributed by atoms with E-state index < -0.39 is 0 Å². The van der Waals surface area contributed by atoms with Crippen molar-refractivity contribution in [2.45, 2.75) is 6.42 Å². The van der Waals surface area contributed by atoms with Crippen LogP contribution in [0, 0.1) is 11.3 Å². The van der Waals surface area contributed by atoms with Gasteiger partial charge in [0.2, 0.25) is 5.13 Å². The highest BCUT2D eigenvalue weighted by Gasteiger charge is 2.10. The van der Waals surface area contributed by atoms with Crippen LogP contribution in [0.25, 0.3) is 10.7 Å². The molecule has 1 amide bonds. The number of carbonyl (C=O) groups is 1. The van der Waals surface area contributed by atoms with E-state index in [1.807, 2.05) is 18.2 Å². The molecule has 8 heteroatoms. The molecule has 2 heterocycles. The van der Waals surface area contributed by atoms with Gasteiger partial charge in [-0.05, 0) is 29.8 Å². The minimum Gasteiger partial charge on any atom is -0.484 e. The van der Waals surface area contributed by atoms with Gasteiger partial charge in [-0.25, -0.2) is 0 Å². The van der Waals surface area contributed by atoms with Crippen LogP contribution in [0.4, 0.5) is 5.13 Å². The molecule has 3 aromatic rings. The molecule has 0 bridgehead atoms. The lowest BCUT2D eigenvalue weighted by molar-refractivity contribution is -0.118. The molecule has 0 aliphatic heterocycles. The van der Waals surface area contributed by atoms with E-state index in [4.69, 9.17) is 10.00 Å². The van der Waals surface area contributed by atoms with Crippen molar-refractivity contribution in [2.24, 2.45) is 0 Å². The van der Waals surface area contributed by atoms with E-state index in [-0.39, 0.29) is 12.5 Å². The Morgan fingerprint density at radius 1 is 1.20 bits per heavy atom. The van der Waals surface area contributed by atoms with E-state index in [9.17, 15) is 4.79 Å². The van der Waals surface area contributed by atoms with Gasteiger partial charge in [-0.15, -0.1) is 10.2 Å². The summed E-state index contributed by atoms with van der Waals surface area (Å²) >= 11 is 1.24. The number of anilines is 1. The van der Waals surface area contributed by atoms with Crippen LogP contribution in [-0.4, -0.2) is 27.7 Å². The Morgan fingerprint density at radius 3 is 2.76 bits per heavy atom. The summed E-state index contributed by atoms with van der Waals surface area (Å²) in [6.45, 7) is -0.143. The monoisotopic (exact) mass is 351 g/mol. The average molecular weight is 351 g/mol. The standard InChI is InChI=1S/C17H13N5O2S/c18-9-8-12-4-6-13(7-5-12)24-11-15(23)20-17-22-21-16(25-17)14-3-1-2-10-19-14/h1-7,10H,8,11H2,(H,20,22,23). The molecular formula is C17H13N5O2S. The first-order valence-corrected chi connectivity index (χ1v) is 8.19. The number of hydrogen-bond donors (Lipinski definition) is 1. The zero-order valence-electron chi connectivity index (χ0n) is 13.0. The minimum absolute atomic E-state index is 0.143. The van der Waals surface area contributed by atoms with Gasteiger partial charge in [-0.2, -0.15) is 5.26 Å². The average Bonchev–Trinajstić information content (AvgIpc) is 3.11. The SMILES string of the molecule is N#CCc1ccc(OCC(=O)Nc2nnc(-c3ccccn3)s2)cc1. The van der Waals surface area contributed by atoms with Crippen molar-refractivity contribution in [1.82, 2.24) is 15.2 Å². The van der Waals surface area contributed by atoms with E-state index >= 15 is 0 Å². The Balaban J connectivity index is 1.53. The number of hydrogen-bond acceptors (Lipinski definition) is 7. The Labute approximate surface area is 147 Å². The summed E-state index contributed by atoms with van der Waals surface area (Å²) in [7, 11) is 0. The third-order valence-electron chi connectivity index (χ3n) is 3.13. The molecule has 0 aliphatic rings. The fourth-order valence-electron chi connectivity index (χ4n) is 1.97. The number of nitrogens with zero attached hydrogens (tertiary/aromatic N) is 4. The van der Waals surface area contributed by atoms with Crippen LogP contribution in [0.3, 0.4) is 0 Å². The lowest BCUT2D eigenvalue weighted by Crippen LogP contribution is -2.20. The van der Waals surface area contributed by atoms with E-state index in [0.29, 0.717) is 28.0 Å². The number of carbonyl (C=O) groups excluding carboxylic acids is 1. The molecule has 1 aromatic carbocycles. The van der Waals surface area contributed by atoms with Gasteiger partial charge in [-0.3, -0.25) is 15.1 Å². The number of nitriles is 1. The van der Waals surface area contributed by atoms with Crippen LogP contribution in [0.1, 0.15) is 5.56 Å². The first-order chi connectivity index (χ1) is 12.2. The highest BCUT2D eigenvalue weighted by molar-refractivity contribution is 7.18. The number of ether oxygens (including phenoxy) is 1. The normalized spacial score (nSPS) is 10.0. The maximum Gasteiger partial charge on any atom is 0.264 e. The summed E-state index contributed by atoms with van der Waals surface area (Å²) in [4.78, 5) is 16.1. The van der Waals surface area contributed by atoms with Crippen LogP contribution in [-0.2, 0) is 11.2 Å². The van der Waals surface area contributed by atoms with Gasteiger partial charge < -0.3 is 4.74 Å². The van der Waals surface area contributed by atoms with E-state index in [0.717, 1.165) is 5.56 Å². The van der Waals surface area contributed by atoms with Crippen LogP contribution in [0.5, 0.6) is 5.75 Å². The highest BCUT2D eigenvalue weighted by Crippen LogP contribution is 2.24. The quantitative estimate of drug-likeness (QED) is 0.733. The predicted molar refractivity (Wildman–Crippen MR) is 93.0 cm³/mol. The summed E-state index contributed by atoms with van der Waals surface area (Å²) in [6, 6.07) is 14.6. The molecule has 124 valence electrons. The summed E-state index contributed by atoms with van der Waals surface area (Å²) in [6.07, 6.45) is 2.02. The molecule has 3 rings (SSSR count). The highest BCUT2D eigenvalue weighted by atomic mass is 32.1. The third kappa shape index (κ3) is 4.59. The second kappa shape index (κ2) is 7.99. The van der Waals surface area contributed by atoms with Crippen molar-refractivity contribution < 1.29 is 9.53 Å². The topological polar surface area (TPSA) is 101 Å². The van der Waals surface area contributed by atoms with Gasteiger partial charge in [-0.1, -0.05) is 29.5 Å². The molecular weight excluding hydrogens is 338 g/mol. The summed E-state index contributed by atoms with van der Waals surface area (Å²) in [5, 5.41) is 20.2. The number of pyridine rings is 1. The predicted octanol–water partition coefficient (Wildman–Crippen LogP) is 2.68. The fourth-order valence-corrected chi connectivity index (χ4v) is 2.70. The zero-order chi connectivity index (χ0) is 17.5. The van der Waals surface area contributed by atoms with Crippen molar-refractivity contribution in [3.05, 3.63) is 54.2 Å². The van der Waals surface area contributed by atoms with Gasteiger partial charge in [0.1, 0.15) is 11.4 Å². The summed E-state index contributed by atoms with van der Waals surface area (Å²) < 4.78 is 5.41. The molecule has 0 saturated heterocycles. The second-order valence-corrected chi connectivity index (χ2v) is 5.92. The van der Waals surface area contributed by atoms with Crippen molar-refractivity contribution in [3.8, 4) is 22.5 Å². The van der Waals surface area contributed by atoms with Gasteiger partial charge in [0.25, 0.3) is 5.91 Å². The molecule has 0 saturated carbocycles. The fraction of sp³-hybridized carbons (Fsp3) is 0.118. The van der Waals surface area contributed by atoms with E-state index in [1.54, 1.807) is 30.5 Å². The summed E-state index contributed by atoms with van der Waals surface area (Å²) in [5.41, 5.74) is 1.60. The van der Waals surface area contributed by atoms with Crippen molar-refractivity contribution in [1.29, 1.82) is 5.26 Å². The number of benzene rings is 1. The maximum absolute atomic E-state index is 11.9. The Kier molecular flexibility index (Phi) is 5.29. The van der Waals surface area contributed by atoms with Crippen molar-refractivity contribution >= 4 is 22.4 Å². The molecule has 7 nitrogen and oxygen atoms in total. The number of rotatable bonds is 6. The van der Waals surface area contributed by atoms with E-state index in [2.05, 4.69) is 26.6 Å². The molecule has 0 fully saturated rings. The molecule has 0 atom stereocenters. The zero-order valence-corrected chi connectivity index (χ0v) is 13.9. The molecule has 1 N–H and O–H groups in total. The smallest absolute Gasteiger partial charge is 0.264 e. The van der Waals surface area contributed by atoms with Crippen LogP contribution < -0.4 is 10.1 Å². The van der Waals surface area contributed by atoms with Crippen LogP contribution in [0.15, 0.2) is 48.7 Å². The van der Waals surface area contributed by atoms with Crippen LogP contribution >= 0.6 is 11.3 Å². The molecule has 0 spiro atoms. The first-order valence-electron chi connectivity index (χ1n) is 7.38. The Bertz CT molecular complexity index is 887. The number of aromatic nitrogens is 3. The molecule has 0 radical (unpaired) electrons. The van der Waals surface area contributed by atoms with Gasteiger partial charge in [0.15, 0.2) is 11.6 Å². The summed E-state index contributed by atoms with van der Waals surface area (Å²) in [5.74, 6) is 0.230. The van der Waals surface area contributed by atoms with Gasteiger partial charge in [0, 0.05) is 6.20 Å². The maximum atomic E-state index is 11.9. The number of amides is 1. The second-order valence-electron chi connectivity index (χ2n) is 4.94. The molecule has 2 aromatic heterocycles. The Morgan fingerprint density at radius 2 is 2.04 bits per heavy atom. The minimum atomic E-state index is -0.329. The van der Waals surface area contributed by atoms with Crippen LogP contribution in [0.2, 0.25) is 0 Å². The third-order valence-corrected chi connectivity index (χ3v) is 3.99. The van der Waals surface area contributed by atoms with Gasteiger partial charge in [0.05, 0.1) is 12.5 Å². The number of nitrogens with one attached hydrogen (secondary N) is 1. The lowest BCUT2D eigenvalue weighted by atomic mass is 10.2. The largest absolute Gasteiger partial charge is 0.484 e.